The summed E-state index contributed by atoms with van der Waals surface area (Å²) in [6.07, 6.45) is 4.24. The van der Waals surface area contributed by atoms with Crippen molar-refractivity contribution in [3.63, 3.8) is 0 Å². The predicted octanol–water partition coefficient (Wildman–Crippen LogP) is 3.35. The van der Waals surface area contributed by atoms with Crippen LogP contribution in [0.4, 0.5) is 14.7 Å². The van der Waals surface area contributed by atoms with Gasteiger partial charge in [-0.15, -0.1) is 5.10 Å². The minimum Gasteiger partial charge on any atom is -0.347 e. The first kappa shape index (κ1) is 22.9. The van der Waals surface area contributed by atoms with Crippen molar-refractivity contribution >= 4 is 21.5 Å². The molecule has 0 aromatic carbocycles. The molecule has 0 radical (unpaired) electrons. The van der Waals surface area contributed by atoms with Gasteiger partial charge in [-0.25, -0.2) is 26.7 Å². The van der Waals surface area contributed by atoms with E-state index in [2.05, 4.69) is 15.4 Å². The van der Waals surface area contributed by atoms with Gasteiger partial charge < -0.3 is 5.32 Å². The lowest BCUT2D eigenvalue weighted by Crippen LogP contribution is -2.52. The highest BCUT2D eigenvalue weighted by atomic mass is 32.2. The van der Waals surface area contributed by atoms with E-state index in [0.717, 1.165) is 19.3 Å². The number of halogens is 2. The lowest BCUT2D eigenvalue weighted by atomic mass is 10.0. The van der Waals surface area contributed by atoms with Gasteiger partial charge in [0.25, 0.3) is 0 Å². The molecule has 174 valence electrons. The highest BCUT2D eigenvalue weighted by molar-refractivity contribution is 7.89. The molecule has 1 N–H and O–H groups in total. The molecular weight excluding hydrogens is 438 g/mol. The Labute approximate surface area is 186 Å². The first-order chi connectivity index (χ1) is 15.2. The number of piperidine rings is 1. The molecular formula is C21H28F2N6O2S. The molecule has 0 bridgehead atoms. The Hall–Kier alpha value is -2.32. The van der Waals surface area contributed by atoms with E-state index in [1.54, 1.807) is 0 Å². The van der Waals surface area contributed by atoms with Gasteiger partial charge in [0.2, 0.25) is 16.0 Å². The molecule has 2 aromatic heterocycles. The molecule has 2 aromatic rings. The van der Waals surface area contributed by atoms with Crippen LogP contribution in [-0.2, 0) is 10.0 Å². The SMILES string of the molecule is CC(C)c1c(C#N)c(F)c2cnc(N[C@@H]3CCN(S(=O)(=O)C4CCCCC4)C[C@H]3F)nn12. The van der Waals surface area contributed by atoms with Crippen LogP contribution < -0.4 is 5.32 Å². The van der Waals surface area contributed by atoms with Gasteiger partial charge >= 0.3 is 0 Å². The highest BCUT2D eigenvalue weighted by Gasteiger charge is 2.39. The number of anilines is 1. The summed E-state index contributed by atoms with van der Waals surface area (Å²) in [5.41, 5.74) is 0.438. The summed E-state index contributed by atoms with van der Waals surface area (Å²) in [5, 5.41) is 16.2. The zero-order chi connectivity index (χ0) is 23.0. The van der Waals surface area contributed by atoms with Crippen LogP contribution >= 0.6 is 0 Å². The number of fused-ring (bicyclic) bond motifs is 1. The summed E-state index contributed by atoms with van der Waals surface area (Å²) in [6, 6.07) is 1.22. The van der Waals surface area contributed by atoms with Crippen LogP contribution in [0.25, 0.3) is 5.52 Å². The Balaban J connectivity index is 1.51. The molecule has 2 aliphatic rings. The fourth-order valence-corrected chi connectivity index (χ4v) is 6.81. The third-order valence-corrected chi connectivity index (χ3v) is 8.84. The first-order valence-corrected chi connectivity index (χ1v) is 12.6. The lowest BCUT2D eigenvalue weighted by molar-refractivity contribution is 0.183. The van der Waals surface area contributed by atoms with Crippen molar-refractivity contribution in [2.75, 3.05) is 18.4 Å². The van der Waals surface area contributed by atoms with E-state index >= 15 is 0 Å². The molecule has 8 nitrogen and oxygen atoms in total. The van der Waals surface area contributed by atoms with E-state index < -0.39 is 33.3 Å². The lowest BCUT2D eigenvalue weighted by Gasteiger charge is -2.36. The average molecular weight is 467 g/mol. The van der Waals surface area contributed by atoms with Gasteiger partial charge in [0.15, 0.2) is 5.82 Å². The molecule has 1 aliphatic carbocycles. The average Bonchev–Trinajstić information content (AvgIpc) is 3.07. The number of aromatic nitrogens is 3. The minimum absolute atomic E-state index is 0.0731. The second-order valence-electron chi connectivity index (χ2n) is 8.94. The molecule has 0 spiro atoms. The summed E-state index contributed by atoms with van der Waals surface area (Å²) in [6.45, 7) is 3.69. The molecule has 11 heteroatoms. The summed E-state index contributed by atoms with van der Waals surface area (Å²) in [5.74, 6) is -0.728. The maximum atomic E-state index is 15.0. The number of sulfonamides is 1. The number of nitriles is 1. The Morgan fingerprint density at radius 1 is 1.25 bits per heavy atom. The molecule has 1 saturated heterocycles. The molecule has 0 unspecified atom stereocenters. The zero-order valence-electron chi connectivity index (χ0n) is 18.3. The van der Waals surface area contributed by atoms with Crippen LogP contribution in [0.2, 0.25) is 0 Å². The maximum Gasteiger partial charge on any atom is 0.241 e. The van der Waals surface area contributed by atoms with Crippen LogP contribution in [0.3, 0.4) is 0 Å². The minimum atomic E-state index is -3.51. The van der Waals surface area contributed by atoms with E-state index in [4.69, 9.17) is 0 Å². The van der Waals surface area contributed by atoms with Gasteiger partial charge in [-0.1, -0.05) is 33.1 Å². The Bertz CT molecular complexity index is 1140. The molecule has 2 fully saturated rings. The van der Waals surface area contributed by atoms with Crippen molar-refractivity contribution in [1.82, 2.24) is 18.9 Å². The quantitative estimate of drug-likeness (QED) is 0.725. The zero-order valence-corrected chi connectivity index (χ0v) is 19.1. The summed E-state index contributed by atoms with van der Waals surface area (Å²) < 4.78 is 58.0. The van der Waals surface area contributed by atoms with Crippen molar-refractivity contribution in [3.8, 4) is 6.07 Å². The van der Waals surface area contributed by atoms with Crippen LogP contribution in [0.15, 0.2) is 6.20 Å². The molecule has 0 amide bonds. The first-order valence-electron chi connectivity index (χ1n) is 11.1. The van der Waals surface area contributed by atoms with E-state index in [-0.39, 0.29) is 42.5 Å². The monoisotopic (exact) mass is 466 g/mol. The third kappa shape index (κ3) is 4.06. The standard InChI is InChI=1S/C21H28F2N6O2S/c1-13(2)20-15(10-24)19(23)18-11-25-21(27-29(18)20)26-17-8-9-28(12-16(17)22)32(30,31)14-6-4-3-5-7-14/h11,13-14,16-17H,3-9,12H2,1-2H3,(H,26,27)/t16-,17-/m1/s1. The topological polar surface area (TPSA) is 103 Å². The number of nitrogens with zero attached hydrogens (tertiary/aromatic N) is 5. The normalized spacial score (nSPS) is 23.5. The smallest absolute Gasteiger partial charge is 0.241 e. The molecule has 1 aliphatic heterocycles. The fraction of sp³-hybridized carbons (Fsp3) is 0.667. The number of alkyl halides is 1. The highest BCUT2D eigenvalue weighted by Crippen LogP contribution is 2.30. The molecule has 4 rings (SSSR count). The fourth-order valence-electron chi connectivity index (χ4n) is 4.75. The van der Waals surface area contributed by atoms with Crippen LogP contribution in [0.5, 0.6) is 0 Å². The van der Waals surface area contributed by atoms with Gasteiger partial charge in [0.1, 0.15) is 23.3 Å². The third-order valence-electron chi connectivity index (χ3n) is 6.47. The second-order valence-corrected chi connectivity index (χ2v) is 11.2. The van der Waals surface area contributed by atoms with E-state index in [9.17, 15) is 22.5 Å². The molecule has 32 heavy (non-hydrogen) atoms. The number of rotatable bonds is 5. The van der Waals surface area contributed by atoms with Gasteiger partial charge in [0, 0.05) is 13.1 Å². The molecule has 2 atom stereocenters. The van der Waals surface area contributed by atoms with Crippen molar-refractivity contribution in [2.24, 2.45) is 0 Å². The largest absolute Gasteiger partial charge is 0.347 e. The Morgan fingerprint density at radius 3 is 2.59 bits per heavy atom. The summed E-state index contributed by atoms with van der Waals surface area (Å²) in [4.78, 5) is 4.09. The van der Waals surface area contributed by atoms with Crippen molar-refractivity contribution in [1.29, 1.82) is 5.26 Å². The summed E-state index contributed by atoms with van der Waals surface area (Å²) >= 11 is 0. The van der Waals surface area contributed by atoms with E-state index in [1.807, 2.05) is 19.9 Å². The van der Waals surface area contributed by atoms with Crippen LogP contribution in [0.1, 0.15) is 69.5 Å². The van der Waals surface area contributed by atoms with Gasteiger partial charge in [-0.2, -0.15) is 9.57 Å². The van der Waals surface area contributed by atoms with Crippen molar-refractivity contribution in [2.45, 2.75) is 75.8 Å². The van der Waals surface area contributed by atoms with Gasteiger partial charge in [0.05, 0.1) is 23.2 Å². The number of hydrogen-bond acceptors (Lipinski definition) is 6. The summed E-state index contributed by atoms with van der Waals surface area (Å²) in [7, 11) is -3.51. The Kier molecular flexibility index (Phi) is 6.36. The molecule has 1 saturated carbocycles. The number of hydrogen-bond donors (Lipinski definition) is 1. The van der Waals surface area contributed by atoms with E-state index in [1.165, 1.54) is 15.0 Å². The Morgan fingerprint density at radius 2 is 1.97 bits per heavy atom. The predicted molar refractivity (Wildman–Crippen MR) is 116 cm³/mol. The molecule has 3 heterocycles. The van der Waals surface area contributed by atoms with Gasteiger partial charge in [-0.3, -0.25) is 0 Å². The number of nitrogens with one attached hydrogen (secondary N) is 1. The second kappa shape index (κ2) is 8.90. The maximum absolute atomic E-state index is 15.0. The van der Waals surface area contributed by atoms with Crippen molar-refractivity contribution < 1.29 is 17.2 Å². The van der Waals surface area contributed by atoms with Crippen LogP contribution in [0, 0.1) is 17.1 Å². The van der Waals surface area contributed by atoms with Crippen LogP contribution in [-0.4, -0.2) is 57.9 Å². The van der Waals surface area contributed by atoms with E-state index in [0.29, 0.717) is 18.5 Å². The van der Waals surface area contributed by atoms with Crippen molar-refractivity contribution in [3.05, 3.63) is 23.3 Å². The van der Waals surface area contributed by atoms with Gasteiger partial charge in [-0.05, 0) is 25.2 Å².